The highest BCUT2D eigenvalue weighted by molar-refractivity contribution is 5.77. The van der Waals surface area contributed by atoms with Gasteiger partial charge in [-0.15, -0.1) is 0 Å². The Hall–Kier alpha value is -1.59. The molecule has 0 spiro atoms. The summed E-state index contributed by atoms with van der Waals surface area (Å²) in [7, 11) is 2.07. The number of hydrogen-bond acceptors (Lipinski definition) is 4. The quantitative estimate of drug-likeness (QED) is 0.849. The standard InChI is InChI=1S/C14H21N3O2/c1-16-6-8-17(9-7-16)14(18)11-19-13-5-3-2-4-12(13)10-15/h2-5H,6-11,15H2,1H3. The van der Waals surface area contributed by atoms with E-state index in [1.54, 1.807) is 0 Å². The molecule has 1 aromatic carbocycles. The number of likely N-dealkylation sites (N-methyl/N-ethyl adjacent to an activating group) is 1. The van der Waals surface area contributed by atoms with Gasteiger partial charge in [0.15, 0.2) is 6.61 Å². The van der Waals surface area contributed by atoms with Crippen molar-refractivity contribution in [3.05, 3.63) is 29.8 Å². The van der Waals surface area contributed by atoms with Gasteiger partial charge in [0.25, 0.3) is 5.91 Å². The molecule has 19 heavy (non-hydrogen) atoms. The summed E-state index contributed by atoms with van der Waals surface area (Å²) < 4.78 is 5.59. The van der Waals surface area contributed by atoms with Crippen LogP contribution in [0.15, 0.2) is 24.3 Å². The third-order valence-electron chi connectivity index (χ3n) is 3.40. The van der Waals surface area contributed by atoms with Gasteiger partial charge in [0.1, 0.15) is 5.75 Å². The Morgan fingerprint density at radius 2 is 1.95 bits per heavy atom. The van der Waals surface area contributed by atoms with Crippen LogP contribution in [-0.2, 0) is 11.3 Å². The van der Waals surface area contributed by atoms with Crippen LogP contribution in [0.2, 0.25) is 0 Å². The van der Waals surface area contributed by atoms with E-state index in [1.807, 2.05) is 29.2 Å². The summed E-state index contributed by atoms with van der Waals surface area (Å²) in [6, 6.07) is 7.56. The van der Waals surface area contributed by atoms with E-state index >= 15 is 0 Å². The zero-order valence-electron chi connectivity index (χ0n) is 11.3. The maximum atomic E-state index is 12.0. The molecular weight excluding hydrogens is 242 g/mol. The van der Waals surface area contributed by atoms with Gasteiger partial charge in [-0.3, -0.25) is 4.79 Å². The van der Waals surface area contributed by atoms with Crippen molar-refractivity contribution in [2.45, 2.75) is 6.54 Å². The van der Waals surface area contributed by atoms with Crippen molar-refractivity contribution in [1.82, 2.24) is 9.80 Å². The molecule has 1 aromatic rings. The van der Waals surface area contributed by atoms with Crippen LogP contribution in [-0.4, -0.2) is 55.5 Å². The highest BCUT2D eigenvalue weighted by Gasteiger charge is 2.19. The molecule has 0 atom stereocenters. The van der Waals surface area contributed by atoms with Gasteiger partial charge in [-0.1, -0.05) is 18.2 Å². The smallest absolute Gasteiger partial charge is 0.260 e. The lowest BCUT2D eigenvalue weighted by Crippen LogP contribution is -2.48. The molecule has 0 aliphatic carbocycles. The summed E-state index contributed by atoms with van der Waals surface area (Å²) in [4.78, 5) is 16.1. The number of carbonyl (C=O) groups excluding carboxylic acids is 1. The zero-order valence-corrected chi connectivity index (χ0v) is 11.3. The van der Waals surface area contributed by atoms with Crippen LogP contribution in [0.25, 0.3) is 0 Å². The Balaban J connectivity index is 1.86. The van der Waals surface area contributed by atoms with Crippen LogP contribution in [0, 0.1) is 0 Å². The second-order valence-electron chi connectivity index (χ2n) is 4.78. The summed E-state index contributed by atoms with van der Waals surface area (Å²) >= 11 is 0. The largest absolute Gasteiger partial charge is 0.483 e. The normalized spacial score (nSPS) is 16.4. The maximum absolute atomic E-state index is 12.0. The number of amides is 1. The molecular formula is C14H21N3O2. The fourth-order valence-electron chi connectivity index (χ4n) is 2.10. The van der Waals surface area contributed by atoms with Crippen LogP contribution >= 0.6 is 0 Å². The Kier molecular flexibility index (Phi) is 4.76. The Morgan fingerprint density at radius 3 is 2.63 bits per heavy atom. The predicted octanol–water partition coefficient (Wildman–Crippen LogP) is 0.298. The van der Waals surface area contributed by atoms with E-state index in [-0.39, 0.29) is 12.5 Å². The fraction of sp³-hybridized carbons (Fsp3) is 0.500. The Morgan fingerprint density at radius 1 is 1.26 bits per heavy atom. The lowest BCUT2D eigenvalue weighted by molar-refractivity contribution is -0.134. The lowest BCUT2D eigenvalue weighted by atomic mass is 10.2. The SMILES string of the molecule is CN1CCN(C(=O)COc2ccccc2CN)CC1. The molecule has 0 aromatic heterocycles. The van der Waals surface area contributed by atoms with Crippen LogP contribution in [0.5, 0.6) is 5.75 Å². The lowest BCUT2D eigenvalue weighted by Gasteiger charge is -2.32. The van der Waals surface area contributed by atoms with E-state index in [4.69, 9.17) is 10.5 Å². The van der Waals surface area contributed by atoms with Gasteiger partial charge in [0, 0.05) is 38.3 Å². The van der Waals surface area contributed by atoms with E-state index in [1.165, 1.54) is 0 Å². The van der Waals surface area contributed by atoms with Crippen molar-refractivity contribution in [1.29, 1.82) is 0 Å². The van der Waals surface area contributed by atoms with Gasteiger partial charge in [-0.25, -0.2) is 0 Å². The maximum Gasteiger partial charge on any atom is 0.260 e. The van der Waals surface area contributed by atoms with Gasteiger partial charge in [-0.05, 0) is 13.1 Å². The molecule has 1 fully saturated rings. The molecule has 1 aliphatic rings. The third kappa shape index (κ3) is 3.68. The molecule has 1 amide bonds. The number of ether oxygens (including phenoxy) is 1. The highest BCUT2D eigenvalue weighted by Crippen LogP contribution is 2.17. The summed E-state index contributed by atoms with van der Waals surface area (Å²) in [5, 5.41) is 0. The van der Waals surface area contributed by atoms with Gasteiger partial charge in [0.05, 0.1) is 0 Å². The molecule has 0 unspecified atom stereocenters. The van der Waals surface area contributed by atoms with Gasteiger partial charge in [0.2, 0.25) is 0 Å². The number of carbonyl (C=O) groups is 1. The summed E-state index contributed by atoms with van der Waals surface area (Å²) in [5.74, 6) is 0.743. The first kappa shape index (κ1) is 13.8. The number of para-hydroxylation sites is 1. The third-order valence-corrected chi connectivity index (χ3v) is 3.40. The molecule has 5 nitrogen and oxygen atoms in total. The number of piperazine rings is 1. The topological polar surface area (TPSA) is 58.8 Å². The van der Waals surface area contributed by atoms with Crippen molar-refractivity contribution in [2.24, 2.45) is 5.73 Å². The van der Waals surface area contributed by atoms with E-state index in [0.29, 0.717) is 12.3 Å². The number of rotatable bonds is 4. The number of nitrogens with zero attached hydrogens (tertiary/aromatic N) is 2. The molecule has 2 N–H and O–H groups in total. The van der Waals surface area contributed by atoms with Crippen molar-refractivity contribution in [3.8, 4) is 5.75 Å². The fourth-order valence-corrected chi connectivity index (χ4v) is 2.10. The molecule has 1 aliphatic heterocycles. The van der Waals surface area contributed by atoms with E-state index in [0.717, 1.165) is 31.7 Å². The molecule has 5 heteroatoms. The van der Waals surface area contributed by atoms with Gasteiger partial charge < -0.3 is 20.3 Å². The van der Waals surface area contributed by atoms with E-state index < -0.39 is 0 Å². The number of nitrogens with two attached hydrogens (primary N) is 1. The Bertz CT molecular complexity index is 428. The second kappa shape index (κ2) is 6.54. The summed E-state index contributed by atoms with van der Waals surface area (Å²) in [6.07, 6.45) is 0. The molecule has 1 saturated heterocycles. The molecule has 0 saturated carbocycles. The first-order valence-electron chi connectivity index (χ1n) is 6.58. The van der Waals surface area contributed by atoms with Crippen molar-refractivity contribution < 1.29 is 9.53 Å². The average molecular weight is 263 g/mol. The molecule has 1 heterocycles. The van der Waals surface area contributed by atoms with Crippen LogP contribution in [0.1, 0.15) is 5.56 Å². The van der Waals surface area contributed by atoms with Crippen LogP contribution in [0.3, 0.4) is 0 Å². The molecule has 2 rings (SSSR count). The summed E-state index contributed by atoms with van der Waals surface area (Å²) in [6.45, 7) is 3.89. The molecule has 104 valence electrons. The van der Waals surface area contributed by atoms with Crippen molar-refractivity contribution >= 4 is 5.91 Å². The highest BCUT2D eigenvalue weighted by atomic mass is 16.5. The van der Waals surface area contributed by atoms with Crippen LogP contribution in [0.4, 0.5) is 0 Å². The minimum absolute atomic E-state index is 0.0416. The molecule has 0 bridgehead atoms. The van der Waals surface area contributed by atoms with Gasteiger partial charge in [-0.2, -0.15) is 0 Å². The first-order valence-corrected chi connectivity index (χ1v) is 6.58. The average Bonchev–Trinajstić information content (AvgIpc) is 2.45. The number of hydrogen-bond donors (Lipinski definition) is 1. The van der Waals surface area contributed by atoms with Crippen molar-refractivity contribution in [3.63, 3.8) is 0 Å². The Labute approximate surface area is 113 Å². The van der Waals surface area contributed by atoms with E-state index in [9.17, 15) is 4.79 Å². The van der Waals surface area contributed by atoms with E-state index in [2.05, 4.69) is 11.9 Å². The minimum Gasteiger partial charge on any atom is -0.483 e. The van der Waals surface area contributed by atoms with Gasteiger partial charge >= 0.3 is 0 Å². The van der Waals surface area contributed by atoms with Crippen LogP contribution < -0.4 is 10.5 Å². The monoisotopic (exact) mass is 263 g/mol. The second-order valence-corrected chi connectivity index (χ2v) is 4.78. The zero-order chi connectivity index (χ0) is 13.7. The first-order chi connectivity index (χ1) is 9.20. The van der Waals surface area contributed by atoms with Crippen molar-refractivity contribution in [2.75, 3.05) is 39.8 Å². The number of benzene rings is 1. The predicted molar refractivity (Wildman–Crippen MR) is 73.9 cm³/mol. The minimum atomic E-state index is 0.0416. The summed E-state index contributed by atoms with van der Waals surface area (Å²) in [5.41, 5.74) is 6.56. The molecule has 0 radical (unpaired) electrons.